The van der Waals surface area contributed by atoms with E-state index in [1.165, 1.54) is 0 Å². The second-order valence-electron chi connectivity index (χ2n) is 6.54. The van der Waals surface area contributed by atoms with Gasteiger partial charge in [-0.15, -0.1) is 0 Å². The Labute approximate surface area is 157 Å². The fourth-order valence-electron chi connectivity index (χ4n) is 3.64. The molecule has 0 N–H and O–H groups in total. The molecule has 4 rings (SSSR count). The zero-order valence-electron chi connectivity index (χ0n) is 15.5. The molecule has 0 bridgehead atoms. The Bertz CT molecular complexity index is 946. The van der Waals surface area contributed by atoms with Gasteiger partial charge in [-0.1, -0.05) is 17.3 Å². The molecule has 0 saturated carbocycles. The number of carbonyl (C=O) groups excluding carboxylic acids is 1. The first-order valence-electron chi connectivity index (χ1n) is 9.15. The number of benzene rings is 1. The SMILES string of the molecule is CCn1nccc1[C@H]1CCCN1C(=O)c1cc(-c2cccc(OC)c2)no1. The summed E-state index contributed by atoms with van der Waals surface area (Å²) < 4.78 is 12.6. The van der Waals surface area contributed by atoms with Gasteiger partial charge in [-0.25, -0.2) is 0 Å². The second-order valence-corrected chi connectivity index (χ2v) is 6.54. The molecule has 0 unspecified atom stereocenters. The zero-order chi connectivity index (χ0) is 18.8. The molecule has 1 fully saturated rings. The van der Waals surface area contributed by atoms with Crippen LogP contribution in [0.25, 0.3) is 11.3 Å². The quantitative estimate of drug-likeness (QED) is 0.690. The van der Waals surface area contributed by atoms with Crippen LogP contribution in [0.2, 0.25) is 0 Å². The number of hydrogen-bond donors (Lipinski definition) is 0. The summed E-state index contributed by atoms with van der Waals surface area (Å²) in [5, 5.41) is 8.42. The van der Waals surface area contributed by atoms with E-state index in [-0.39, 0.29) is 17.7 Å². The third kappa shape index (κ3) is 3.20. The Kier molecular flexibility index (Phi) is 4.66. The third-order valence-electron chi connectivity index (χ3n) is 4.99. The lowest BCUT2D eigenvalue weighted by molar-refractivity contribution is 0.0687. The molecule has 27 heavy (non-hydrogen) atoms. The molecule has 0 aliphatic carbocycles. The van der Waals surface area contributed by atoms with Crippen LogP contribution in [0.4, 0.5) is 0 Å². The van der Waals surface area contributed by atoms with E-state index >= 15 is 0 Å². The number of rotatable bonds is 5. The van der Waals surface area contributed by atoms with Gasteiger partial charge in [0.2, 0.25) is 5.76 Å². The summed E-state index contributed by atoms with van der Waals surface area (Å²) in [7, 11) is 1.62. The Balaban J connectivity index is 1.58. The van der Waals surface area contributed by atoms with Crippen LogP contribution in [0.3, 0.4) is 0 Å². The van der Waals surface area contributed by atoms with Gasteiger partial charge in [0, 0.05) is 30.9 Å². The molecule has 1 saturated heterocycles. The average Bonchev–Trinajstić information content (AvgIpc) is 3.46. The van der Waals surface area contributed by atoms with E-state index in [1.807, 2.05) is 39.9 Å². The van der Waals surface area contributed by atoms with Crippen molar-refractivity contribution in [3.8, 4) is 17.0 Å². The van der Waals surface area contributed by atoms with E-state index < -0.39 is 0 Å². The van der Waals surface area contributed by atoms with Crippen molar-refractivity contribution in [2.24, 2.45) is 0 Å². The molecule has 0 radical (unpaired) electrons. The van der Waals surface area contributed by atoms with Crippen LogP contribution >= 0.6 is 0 Å². The summed E-state index contributed by atoms with van der Waals surface area (Å²) in [5.41, 5.74) is 2.53. The van der Waals surface area contributed by atoms with E-state index in [1.54, 1.807) is 19.4 Å². The average molecular weight is 366 g/mol. The number of aromatic nitrogens is 3. The molecule has 1 atom stereocenters. The normalized spacial score (nSPS) is 16.7. The fourth-order valence-corrected chi connectivity index (χ4v) is 3.64. The number of hydrogen-bond acceptors (Lipinski definition) is 5. The monoisotopic (exact) mass is 366 g/mol. The number of amides is 1. The Morgan fingerprint density at radius 2 is 2.22 bits per heavy atom. The van der Waals surface area contributed by atoms with Crippen molar-refractivity contribution in [1.82, 2.24) is 19.8 Å². The van der Waals surface area contributed by atoms with Crippen molar-refractivity contribution in [2.75, 3.05) is 13.7 Å². The van der Waals surface area contributed by atoms with E-state index in [2.05, 4.69) is 17.2 Å². The highest BCUT2D eigenvalue weighted by molar-refractivity contribution is 5.93. The minimum Gasteiger partial charge on any atom is -0.497 e. The van der Waals surface area contributed by atoms with Gasteiger partial charge in [0.25, 0.3) is 5.91 Å². The first kappa shape index (κ1) is 17.3. The van der Waals surface area contributed by atoms with Gasteiger partial charge in [0.05, 0.1) is 18.8 Å². The van der Waals surface area contributed by atoms with E-state index in [4.69, 9.17) is 9.26 Å². The Morgan fingerprint density at radius 3 is 3.04 bits per heavy atom. The number of ether oxygens (including phenoxy) is 1. The maximum absolute atomic E-state index is 13.1. The maximum Gasteiger partial charge on any atom is 0.293 e. The predicted octanol–water partition coefficient (Wildman–Crippen LogP) is 3.54. The lowest BCUT2D eigenvalue weighted by atomic mass is 10.1. The minimum atomic E-state index is -0.136. The lowest BCUT2D eigenvalue weighted by Crippen LogP contribution is -2.31. The fraction of sp³-hybridized carbons (Fsp3) is 0.350. The van der Waals surface area contributed by atoms with Gasteiger partial charge in [0.15, 0.2) is 0 Å². The number of likely N-dealkylation sites (tertiary alicyclic amines) is 1. The van der Waals surface area contributed by atoms with Gasteiger partial charge in [-0.2, -0.15) is 5.10 Å². The first-order valence-corrected chi connectivity index (χ1v) is 9.15. The summed E-state index contributed by atoms with van der Waals surface area (Å²) >= 11 is 0. The van der Waals surface area contributed by atoms with Crippen molar-refractivity contribution < 1.29 is 14.1 Å². The van der Waals surface area contributed by atoms with Crippen LogP contribution < -0.4 is 4.74 Å². The van der Waals surface area contributed by atoms with Crippen molar-refractivity contribution in [2.45, 2.75) is 32.4 Å². The van der Waals surface area contributed by atoms with Crippen LogP contribution in [0.1, 0.15) is 42.1 Å². The third-order valence-corrected chi connectivity index (χ3v) is 4.99. The van der Waals surface area contributed by atoms with Crippen LogP contribution in [0.5, 0.6) is 5.75 Å². The van der Waals surface area contributed by atoms with Crippen LogP contribution in [-0.2, 0) is 6.54 Å². The number of methoxy groups -OCH3 is 1. The topological polar surface area (TPSA) is 73.4 Å². The highest BCUT2D eigenvalue weighted by Crippen LogP contribution is 2.33. The predicted molar refractivity (Wildman–Crippen MR) is 99.4 cm³/mol. The van der Waals surface area contributed by atoms with Gasteiger partial charge >= 0.3 is 0 Å². The van der Waals surface area contributed by atoms with Gasteiger partial charge < -0.3 is 14.2 Å². The molecule has 7 nitrogen and oxygen atoms in total. The Hall–Kier alpha value is -3.09. The molecule has 1 aliphatic heterocycles. The van der Waals surface area contributed by atoms with Crippen LogP contribution in [0.15, 0.2) is 47.1 Å². The molecular weight excluding hydrogens is 344 g/mol. The molecule has 2 aromatic heterocycles. The molecule has 3 heterocycles. The van der Waals surface area contributed by atoms with E-state index in [0.717, 1.165) is 36.4 Å². The second kappa shape index (κ2) is 7.26. The molecule has 1 aromatic carbocycles. The standard InChI is InChI=1S/C20H22N4O3/c1-3-24-18(9-10-21-24)17-8-5-11-23(17)20(25)19-13-16(22-27-19)14-6-4-7-15(12-14)26-2/h4,6-7,9-10,12-13,17H,3,5,8,11H2,1-2H3/t17-/m1/s1. The summed E-state index contributed by atoms with van der Waals surface area (Å²) in [6.45, 7) is 3.53. The van der Waals surface area contributed by atoms with Crippen LogP contribution in [0, 0.1) is 0 Å². The zero-order valence-corrected chi connectivity index (χ0v) is 15.5. The van der Waals surface area contributed by atoms with Gasteiger partial charge in [0.1, 0.15) is 11.4 Å². The van der Waals surface area contributed by atoms with Crippen molar-refractivity contribution >= 4 is 5.91 Å². The van der Waals surface area contributed by atoms with Crippen LogP contribution in [-0.4, -0.2) is 39.4 Å². The highest BCUT2D eigenvalue weighted by Gasteiger charge is 2.34. The van der Waals surface area contributed by atoms with E-state index in [9.17, 15) is 4.79 Å². The van der Waals surface area contributed by atoms with Crippen molar-refractivity contribution in [3.63, 3.8) is 0 Å². The largest absolute Gasteiger partial charge is 0.497 e. The van der Waals surface area contributed by atoms with E-state index in [0.29, 0.717) is 12.2 Å². The minimum absolute atomic E-state index is 0.0188. The Morgan fingerprint density at radius 1 is 1.33 bits per heavy atom. The first-order chi connectivity index (χ1) is 13.2. The number of nitrogens with zero attached hydrogens (tertiary/aromatic N) is 4. The lowest BCUT2D eigenvalue weighted by Gasteiger charge is -2.24. The van der Waals surface area contributed by atoms with Crippen molar-refractivity contribution in [3.05, 3.63) is 54.0 Å². The molecule has 3 aromatic rings. The molecule has 1 amide bonds. The maximum atomic E-state index is 13.1. The highest BCUT2D eigenvalue weighted by atomic mass is 16.5. The van der Waals surface area contributed by atoms with Crippen molar-refractivity contribution in [1.29, 1.82) is 0 Å². The smallest absolute Gasteiger partial charge is 0.293 e. The van der Waals surface area contributed by atoms with Gasteiger partial charge in [-0.05, 0) is 38.0 Å². The number of aryl methyl sites for hydroxylation is 1. The van der Waals surface area contributed by atoms with Gasteiger partial charge in [-0.3, -0.25) is 9.48 Å². The summed E-state index contributed by atoms with van der Waals surface area (Å²) in [6, 6.07) is 11.2. The molecule has 0 spiro atoms. The molecule has 1 aliphatic rings. The summed E-state index contributed by atoms with van der Waals surface area (Å²) in [4.78, 5) is 14.9. The molecular formula is C20H22N4O3. The molecule has 7 heteroatoms. The molecule has 140 valence electrons. The number of carbonyl (C=O) groups is 1. The summed E-state index contributed by atoms with van der Waals surface area (Å²) in [6.07, 6.45) is 3.67. The summed E-state index contributed by atoms with van der Waals surface area (Å²) in [5.74, 6) is 0.848.